The number of hydrogen-bond acceptors (Lipinski definition) is 2. The van der Waals surface area contributed by atoms with E-state index in [4.69, 9.17) is 5.73 Å². The fourth-order valence-corrected chi connectivity index (χ4v) is 2.76. The maximum absolute atomic E-state index is 11.8. The van der Waals surface area contributed by atoms with Gasteiger partial charge >= 0.3 is 0 Å². The van der Waals surface area contributed by atoms with Gasteiger partial charge in [0, 0.05) is 18.5 Å². The van der Waals surface area contributed by atoms with Gasteiger partial charge in [-0.05, 0) is 44.4 Å². The SMILES string of the molecule is CC(C)CCC1CCCC1NC(=O)CCC(C)N.Cl. The summed E-state index contributed by atoms with van der Waals surface area (Å²) in [5.41, 5.74) is 5.68. The van der Waals surface area contributed by atoms with E-state index in [0.717, 1.165) is 18.8 Å². The molecule has 1 aliphatic carbocycles. The smallest absolute Gasteiger partial charge is 0.220 e. The van der Waals surface area contributed by atoms with Crippen molar-refractivity contribution in [1.82, 2.24) is 5.32 Å². The van der Waals surface area contributed by atoms with Gasteiger partial charge in [-0.3, -0.25) is 4.79 Å². The fraction of sp³-hybridized carbons (Fsp3) is 0.933. The predicted molar refractivity (Wildman–Crippen MR) is 83.5 cm³/mol. The molecule has 1 amide bonds. The van der Waals surface area contributed by atoms with Gasteiger partial charge in [0.05, 0.1) is 0 Å². The van der Waals surface area contributed by atoms with Crippen LogP contribution in [0.1, 0.15) is 65.7 Å². The first-order valence-corrected chi connectivity index (χ1v) is 7.54. The highest BCUT2D eigenvalue weighted by Crippen LogP contribution is 2.30. The second-order valence-electron chi connectivity index (χ2n) is 6.35. The molecule has 19 heavy (non-hydrogen) atoms. The van der Waals surface area contributed by atoms with Gasteiger partial charge < -0.3 is 11.1 Å². The highest BCUT2D eigenvalue weighted by atomic mass is 35.5. The van der Waals surface area contributed by atoms with Crippen LogP contribution in [0.3, 0.4) is 0 Å². The molecule has 114 valence electrons. The van der Waals surface area contributed by atoms with Gasteiger partial charge in [0.15, 0.2) is 0 Å². The molecule has 0 aromatic heterocycles. The third kappa shape index (κ3) is 7.78. The van der Waals surface area contributed by atoms with E-state index in [1.54, 1.807) is 0 Å². The van der Waals surface area contributed by atoms with E-state index in [9.17, 15) is 4.79 Å². The molecule has 0 radical (unpaired) electrons. The summed E-state index contributed by atoms with van der Waals surface area (Å²) in [7, 11) is 0. The number of carbonyl (C=O) groups excluding carboxylic acids is 1. The van der Waals surface area contributed by atoms with Crippen molar-refractivity contribution < 1.29 is 4.79 Å². The van der Waals surface area contributed by atoms with Crippen molar-refractivity contribution in [3.8, 4) is 0 Å². The molecule has 0 spiro atoms. The molecule has 0 heterocycles. The summed E-state index contributed by atoms with van der Waals surface area (Å²) in [4.78, 5) is 11.8. The molecule has 1 aliphatic rings. The second-order valence-corrected chi connectivity index (χ2v) is 6.35. The summed E-state index contributed by atoms with van der Waals surface area (Å²) >= 11 is 0. The molecular formula is C15H31ClN2O. The second kappa shape index (κ2) is 9.60. The Morgan fingerprint density at radius 3 is 2.53 bits per heavy atom. The molecule has 0 aromatic carbocycles. The standard InChI is InChI=1S/C15H30N2O.ClH/c1-11(2)7-9-13-5-4-6-14(13)17-15(18)10-8-12(3)16;/h11-14H,4-10,16H2,1-3H3,(H,17,18);1H. The molecule has 4 heteroatoms. The minimum absolute atomic E-state index is 0. The highest BCUT2D eigenvalue weighted by molar-refractivity contribution is 5.85. The number of amides is 1. The Bertz CT molecular complexity index is 257. The molecular weight excluding hydrogens is 260 g/mol. The number of hydrogen-bond donors (Lipinski definition) is 2. The zero-order valence-electron chi connectivity index (χ0n) is 12.7. The van der Waals surface area contributed by atoms with Gasteiger partial charge in [0.25, 0.3) is 0 Å². The maximum Gasteiger partial charge on any atom is 0.220 e. The van der Waals surface area contributed by atoms with E-state index in [1.807, 2.05) is 6.92 Å². The van der Waals surface area contributed by atoms with E-state index in [0.29, 0.717) is 18.4 Å². The summed E-state index contributed by atoms with van der Waals surface area (Å²) in [6.45, 7) is 6.49. The molecule has 1 saturated carbocycles. The topological polar surface area (TPSA) is 55.1 Å². The van der Waals surface area contributed by atoms with Gasteiger partial charge in [0.2, 0.25) is 5.91 Å². The van der Waals surface area contributed by atoms with Crippen LogP contribution in [0.15, 0.2) is 0 Å². The molecule has 3 nitrogen and oxygen atoms in total. The minimum Gasteiger partial charge on any atom is -0.353 e. The Balaban J connectivity index is 0.00000324. The normalized spacial score (nSPS) is 24.1. The zero-order chi connectivity index (χ0) is 13.5. The number of nitrogens with two attached hydrogens (primary N) is 1. The van der Waals surface area contributed by atoms with E-state index in [1.165, 1.54) is 25.7 Å². The lowest BCUT2D eigenvalue weighted by Gasteiger charge is -2.22. The minimum atomic E-state index is 0. The molecule has 0 saturated heterocycles. The highest BCUT2D eigenvalue weighted by Gasteiger charge is 2.28. The van der Waals surface area contributed by atoms with Crippen LogP contribution in [-0.4, -0.2) is 18.0 Å². The van der Waals surface area contributed by atoms with Crippen molar-refractivity contribution in [2.45, 2.75) is 77.8 Å². The number of nitrogens with one attached hydrogen (secondary N) is 1. The van der Waals surface area contributed by atoms with Crippen molar-refractivity contribution in [3.63, 3.8) is 0 Å². The quantitative estimate of drug-likeness (QED) is 0.756. The average Bonchev–Trinajstić information content (AvgIpc) is 2.71. The lowest BCUT2D eigenvalue weighted by molar-refractivity contribution is -0.122. The van der Waals surface area contributed by atoms with E-state index < -0.39 is 0 Å². The molecule has 0 bridgehead atoms. The lowest BCUT2D eigenvalue weighted by atomic mass is 9.93. The first-order valence-electron chi connectivity index (χ1n) is 7.54. The molecule has 0 aliphatic heterocycles. The summed E-state index contributed by atoms with van der Waals surface area (Å²) < 4.78 is 0. The molecule has 3 unspecified atom stereocenters. The molecule has 3 atom stereocenters. The summed E-state index contributed by atoms with van der Waals surface area (Å²) in [5, 5.41) is 3.21. The fourth-order valence-electron chi connectivity index (χ4n) is 2.76. The Kier molecular flexibility index (Phi) is 9.46. The van der Waals surface area contributed by atoms with Crippen molar-refractivity contribution >= 4 is 18.3 Å². The van der Waals surface area contributed by atoms with Crippen molar-refractivity contribution in [3.05, 3.63) is 0 Å². The molecule has 0 aromatic rings. The van der Waals surface area contributed by atoms with Crippen LogP contribution in [0.5, 0.6) is 0 Å². The van der Waals surface area contributed by atoms with Crippen LogP contribution in [0, 0.1) is 11.8 Å². The largest absolute Gasteiger partial charge is 0.353 e. The summed E-state index contributed by atoms with van der Waals surface area (Å²) in [6.07, 6.45) is 7.60. The van der Waals surface area contributed by atoms with E-state index >= 15 is 0 Å². The van der Waals surface area contributed by atoms with Crippen molar-refractivity contribution in [2.75, 3.05) is 0 Å². The van der Waals surface area contributed by atoms with Crippen LogP contribution >= 0.6 is 12.4 Å². The maximum atomic E-state index is 11.8. The Hall–Kier alpha value is -0.280. The zero-order valence-corrected chi connectivity index (χ0v) is 13.5. The Morgan fingerprint density at radius 2 is 1.95 bits per heavy atom. The van der Waals surface area contributed by atoms with Crippen molar-refractivity contribution in [2.24, 2.45) is 17.6 Å². The van der Waals surface area contributed by atoms with Gasteiger partial charge in [-0.2, -0.15) is 0 Å². The predicted octanol–water partition coefficient (Wildman–Crippen LogP) is 3.26. The van der Waals surface area contributed by atoms with E-state index in [-0.39, 0.29) is 24.4 Å². The average molecular weight is 291 g/mol. The number of halogens is 1. The lowest BCUT2D eigenvalue weighted by Crippen LogP contribution is -2.37. The van der Waals surface area contributed by atoms with Gasteiger partial charge in [-0.1, -0.05) is 26.7 Å². The molecule has 1 fully saturated rings. The molecule has 3 N–H and O–H groups in total. The third-order valence-electron chi connectivity index (χ3n) is 3.95. The third-order valence-corrected chi connectivity index (χ3v) is 3.95. The molecule has 1 rings (SSSR count). The van der Waals surface area contributed by atoms with Crippen LogP contribution < -0.4 is 11.1 Å². The van der Waals surface area contributed by atoms with Crippen molar-refractivity contribution in [1.29, 1.82) is 0 Å². The number of rotatable bonds is 7. The number of carbonyl (C=O) groups is 1. The summed E-state index contributed by atoms with van der Waals surface area (Å²) in [5.74, 6) is 1.65. The Labute approximate surface area is 124 Å². The van der Waals surface area contributed by atoms with Gasteiger partial charge in [-0.15, -0.1) is 12.4 Å². The first-order chi connectivity index (χ1) is 8.49. The van der Waals surface area contributed by atoms with Crippen LogP contribution in [0.4, 0.5) is 0 Å². The van der Waals surface area contributed by atoms with Crippen LogP contribution in [0.2, 0.25) is 0 Å². The van der Waals surface area contributed by atoms with Crippen LogP contribution in [0.25, 0.3) is 0 Å². The van der Waals surface area contributed by atoms with E-state index in [2.05, 4.69) is 19.2 Å². The monoisotopic (exact) mass is 290 g/mol. The van der Waals surface area contributed by atoms with Crippen LogP contribution in [-0.2, 0) is 4.79 Å². The Morgan fingerprint density at radius 1 is 1.26 bits per heavy atom. The van der Waals surface area contributed by atoms with Gasteiger partial charge in [-0.25, -0.2) is 0 Å². The van der Waals surface area contributed by atoms with Gasteiger partial charge in [0.1, 0.15) is 0 Å². The first kappa shape index (κ1) is 18.7. The summed E-state index contributed by atoms with van der Waals surface area (Å²) in [6, 6.07) is 0.542.